The van der Waals surface area contributed by atoms with Gasteiger partial charge < -0.3 is 76.1 Å². The number of hydrogen-bond donors (Lipinski definition) is 0. The first-order valence-electron chi connectivity index (χ1n) is 45.5. The van der Waals surface area contributed by atoms with Gasteiger partial charge in [-0.2, -0.15) is 0 Å². The summed E-state index contributed by atoms with van der Waals surface area (Å²) < 4.78 is 72.5. The van der Waals surface area contributed by atoms with Crippen molar-refractivity contribution in [2.45, 2.75) is 103 Å². The Bertz CT molecular complexity index is 5710. The summed E-state index contributed by atoms with van der Waals surface area (Å²) in [5, 5.41) is 0. The minimum absolute atomic E-state index is 0.0194. The first-order chi connectivity index (χ1) is 68.5. The second-order valence-electron chi connectivity index (χ2n) is 31.3. The molecule has 0 bridgehead atoms. The third kappa shape index (κ3) is 35.8. The zero-order valence-electron chi connectivity index (χ0n) is 79.5. The maximum atomic E-state index is 12.9. The maximum absolute atomic E-state index is 12.9. The number of carbonyl (C=O) groups is 13. The van der Waals surface area contributed by atoms with E-state index < -0.39 is 96.0 Å². The smallest absolute Gasteiger partial charge is 0.338 e. The second-order valence-corrected chi connectivity index (χ2v) is 31.3. The van der Waals surface area contributed by atoms with Crippen LogP contribution in [0.1, 0.15) is 146 Å². The van der Waals surface area contributed by atoms with E-state index in [-0.39, 0.29) is 117 Å². The number of esters is 12. The highest BCUT2D eigenvalue weighted by atomic mass is 16.6. The summed E-state index contributed by atoms with van der Waals surface area (Å²) in [7, 11) is 0. The Kier molecular flexibility index (Phi) is 43.7. The zero-order chi connectivity index (χ0) is 102. The molecule has 0 aliphatic rings. The first-order valence-corrected chi connectivity index (χ1v) is 45.5. The molecule has 0 radical (unpaired) electrons. The maximum Gasteiger partial charge on any atom is 0.338 e. The molecule has 0 aromatic heterocycles. The van der Waals surface area contributed by atoms with E-state index in [0.717, 1.165) is 125 Å². The van der Waals surface area contributed by atoms with E-state index in [1.165, 1.54) is 12.2 Å². The first kappa shape index (κ1) is 109. The van der Waals surface area contributed by atoms with Crippen LogP contribution in [0, 0.1) is 0 Å². The quantitative estimate of drug-likeness (QED) is 0.00650. The predicted molar refractivity (Wildman–Crippen MR) is 533 cm³/mol. The Hall–Kier alpha value is -17.1. The monoisotopic (exact) mass is 1930 g/mol. The zero-order valence-corrected chi connectivity index (χ0v) is 79.5. The van der Waals surface area contributed by atoms with Crippen LogP contribution in [0.25, 0.3) is 44.5 Å². The van der Waals surface area contributed by atoms with E-state index in [4.69, 9.17) is 66.3 Å². The van der Waals surface area contributed by atoms with Gasteiger partial charge in [0.1, 0.15) is 108 Å². The van der Waals surface area contributed by atoms with Crippen molar-refractivity contribution in [3.05, 3.63) is 364 Å². The topological polar surface area (TPSA) is 358 Å². The van der Waals surface area contributed by atoms with Crippen LogP contribution in [0.2, 0.25) is 0 Å². The molecule has 0 fully saturated rings. The molecule has 29 nitrogen and oxygen atoms in total. The fraction of sp³-hybridized carbons (Fsp3) is 0.230. The van der Waals surface area contributed by atoms with Gasteiger partial charge in [-0.3, -0.25) is 43.2 Å². The van der Waals surface area contributed by atoms with Crippen molar-refractivity contribution in [3.8, 4) is 44.5 Å². The van der Waals surface area contributed by atoms with Crippen LogP contribution in [-0.4, -0.2) is 144 Å². The van der Waals surface area contributed by atoms with Crippen molar-refractivity contribution < 1.29 is 129 Å². The van der Waals surface area contributed by atoms with Crippen molar-refractivity contribution in [2.75, 3.05) is 75.9 Å². The Morgan fingerprint density at radius 1 is 0.239 bits per heavy atom. The SMILES string of the molecule is C=CC(=C)OCCOC(=O)CCC(=O)OC(C)c1ccc(-c2ccc(N(c3ccc(C(=O)OCCOC(=O)C=C)cc3)c3ccc(-c4ccc(C(C)OC(=O)CCC(=O)OCCOC(=O)C=C)cc4)cc3)cc2)cc1.C=CC(=C)OCCOC(=O)CCC(=O)OC(C)c1ccc(-c2ccc(N(c3ccc(C=O)cc3)c3ccc(-c4ccc(C(C)OC(=O)CCC(=O)OCCOC(=O)C=C)cc4)cc3)cc2)cc1. The normalized spacial score (nSPS) is 11.4. The van der Waals surface area contributed by atoms with Gasteiger partial charge in [0.25, 0.3) is 0 Å². The molecular formula is C113H112N2O27. The summed E-state index contributed by atoms with van der Waals surface area (Å²) in [6.45, 7) is 30.9. The Morgan fingerprint density at radius 2 is 0.430 bits per heavy atom. The number of anilines is 6. The molecule has 0 saturated carbocycles. The van der Waals surface area contributed by atoms with Crippen molar-refractivity contribution in [3.63, 3.8) is 0 Å². The molecule has 29 heteroatoms. The van der Waals surface area contributed by atoms with Gasteiger partial charge in [-0.05, 0) is 204 Å². The minimum Gasteiger partial charge on any atom is -0.491 e. The molecule has 0 saturated heterocycles. The van der Waals surface area contributed by atoms with Gasteiger partial charge >= 0.3 is 71.6 Å². The number of ether oxygens (including phenoxy) is 14. The summed E-state index contributed by atoms with van der Waals surface area (Å²) in [5.41, 5.74) is 16.5. The number of allylic oxidation sites excluding steroid dienone is 2. The lowest BCUT2D eigenvalue weighted by Crippen LogP contribution is -2.15. The van der Waals surface area contributed by atoms with Crippen LogP contribution in [0.5, 0.6) is 0 Å². The molecular weight excluding hydrogens is 1820 g/mol. The molecule has 0 spiro atoms. The second kappa shape index (κ2) is 57.2. The molecule has 0 aliphatic heterocycles. The molecule has 0 amide bonds. The lowest BCUT2D eigenvalue weighted by Gasteiger charge is -2.26. The van der Waals surface area contributed by atoms with Gasteiger partial charge in [-0.15, -0.1) is 0 Å². The van der Waals surface area contributed by atoms with Crippen LogP contribution in [0.3, 0.4) is 0 Å². The highest BCUT2D eigenvalue weighted by molar-refractivity contribution is 5.92. The number of hydrogen-bond acceptors (Lipinski definition) is 29. The Labute approximate surface area is 824 Å². The molecule has 10 rings (SSSR count). The van der Waals surface area contributed by atoms with E-state index in [0.29, 0.717) is 22.6 Å². The van der Waals surface area contributed by atoms with Crippen molar-refractivity contribution >= 4 is 112 Å². The third-order valence-corrected chi connectivity index (χ3v) is 21.3. The summed E-state index contributed by atoms with van der Waals surface area (Å²) in [4.78, 5) is 160. The fourth-order valence-electron chi connectivity index (χ4n) is 13.6. The molecule has 0 heterocycles. The largest absolute Gasteiger partial charge is 0.491 e. The van der Waals surface area contributed by atoms with E-state index in [1.807, 2.05) is 211 Å². The Morgan fingerprint density at radius 3 is 0.648 bits per heavy atom. The van der Waals surface area contributed by atoms with E-state index in [9.17, 15) is 62.3 Å². The molecule has 10 aromatic carbocycles. The Balaban J connectivity index is 0.000000319. The highest BCUT2D eigenvalue weighted by Crippen LogP contribution is 2.41. The van der Waals surface area contributed by atoms with Crippen molar-refractivity contribution in [2.24, 2.45) is 0 Å². The molecule has 0 aliphatic carbocycles. The number of carbonyl (C=O) groups excluding carboxylic acids is 13. The average molecular weight is 1930 g/mol. The van der Waals surface area contributed by atoms with E-state index in [1.54, 1.807) is 64.1 Å². The summed E-state index contributed by atoms with van der Waals surface area (Å²) in [6, 6.07) is 76.9. The van der Waals surface area contributed by atoms with E-state index in [2.05, 4.69) is 51.0 Å². The minimum atomic E-state index is -0.630. The van der Waals surface area contributed by atoms with Crippen LogP contribution < -0.4 is 9.80 Å². The number of nitrogens with zero attached hydrogens (tertiary/aromatic N) is 2. The number of aldehydes is 1. The van der Waals surface area contributed by atoms with Crippen molar-refractivity contribution in [1.82, 2.24) is 0 Å². The lowest BCUT2D eigenvalue weighted by molar-refractivity contribution is -0.154. The van der Waals surface area contributed by atoms with Gasteiger partial charge in [0, 0.05) is 57.9 Å². The third-order valence-electron chi connectivity index (χ3n) is 21.3. The van der Waals surface area contributed by atoms with Gasteiger partial charge in [-0.1, -0.05) is 192 Å². The average Bonchev–Trinajstić information content (AvgIpc) is 0.795. The molecule has 4 atom stereocenters. The lowest BCUT2D eigenvalue weighted by atomic mass is 10.0. The van der Waals surface area contributed by atoms with Crippen LogP contribution in [0.4, 0.5) is 34.1 Å². The molecule has 0 N–H and O–H groups in total. The van der Waals surface area contributed by atoms with Gasteiger partial charge in [0.2, 0.25) is 0 Å². The fourth-order valence-corrected chi connectivity index (χ4v) is 13.6. The van der Waals surface area contributed by atoms with Crippen molar-refractivity contribution in [1.29, 1.82) is 0 Å². The molecule has 4 unspecified atom stereocenters. The van der Waals surface area contributed by atoms with E-state index >= 15 is 0 Å². The predicted octanol–water partition coefficient (Wildman–Crippen LogP) is 21.3. The van der Waals surface area contributed by atoms with Crippen LogP contribution in [-0.2, 0) is 119 Å². The number of rotatable bonds is 54. The van der Waals surface area contributed by atoms with Gasteiger partial charge in [0.05, 0.1) is 56.9 Å². The summed E-state index contributed by atoms with van der Waals surface area (Å²) in [6.07, 6.45) is 3.33. The van der Waals surface area contributed by atoms with Crippen LogP contribution >= 0.6 is 0 Å². The van der Waals surface area contributed by atoms with Gasteiger partial charge in [0.15, 0.2) is 0 Å². The van der Waals surface area contributed by atoms with Gasteiger partial charge in [-0.25, -0.2) is 19.2 Å². The highest BCUT2D eigenvalue weighted by Gasteiger charge is 2.24. The molecule has 142 heavy (non-hydrogen) atoms. The number of benzene rings is 10. The summed E-state index contributed by atoms with van der Waals surface area (Å²) in [5.74, 6) is -6.15. The molecule has 736 valence electrons. The van der Waals surface area contributed by atoms with Crippen LogP contribution in [0.15, 0.2) is 331 Å². The standard InChI is InChI=1S/C59H59NO15.C54H53NO12/c1-7-40(4)68-34-35-71-55(63)30-32-57(65)74-41(5)43-10-14-45(15-11-43)47-18-24-50(25-19-47)60(52-28-22-49(23-29-52)59(67)73-39-38-70-54(62)9-3)51-26-20-48(21-27-51)46-16-12-44(13-17-46)42(6)75-58(66)33-31-56(64)72-37-36-69-53(61)8-2;1-6-37(3)62-32-33-64-51(58)28-30-53(60)66-38(4)41-10-14-43(15-11-41)45-18-24-48(25-19-45)55(47-22-8-40(36-56)9-23-47)49-26-20-46(21-27-49)44-16-12-42(13-17-44)39(5)67-54(61)31-29-52(59)65-35-34-63-50(57)7-2/h7-29,41-42H,1-4,30-39H2,5-6H3;6-27,36,38-39H,1-3,28-35H2,4-5H3. The molecule has 10 aromatic rings. The summed E-state index contributed by atoms with van der Waals surface area (Å²) >= 11 is 0.